The van der Waals surface area contributed by atoms with Crippen molar-refractivity contribution in [3.8, 4) is 5.69 Å². The first-order valence-corrected chi connectivity index (χ1v) is 6.99. The van der Waals surface area contributed by atoms with Gasteiger partial charge >= 0.3 is 0 Å². The molecule has 1 aliphatic rings. The van der Waals surface area contributed by atoms with Crippen molar-refractivity contribution in [1.29, 1.82) is 0 Å². The molecule has 2 N–H and O–H groups in total. The molecule has 114 valence electrons. The van der Waals surface area contributed by atoms with Gasteiger partial charge in [0.25, 0.3) is 11.5 Å². The number of amides is 1. The average molecular weight is 302 g/mol. The van der Waals surface area contributed by atoms with Crippen molar-refractivity contribution in [2.75, 3.05) is 19.6 Å². The van der Waals surface area contributed by atoms with Gasteiger partial charge in [0.1, 0.15) is 11.5 Å². The fraction of sp³-hybridized carbons (Fsp3) is 0.267. The van der Waals surface area contributed by atoms with Crippen molar-refractivity contribution >= 4 is 5.91 Å². The first-order valence-electron chi connectivity index (χ1n) is 6.99. The van der Waals surface area contributed by atoms with Gasteiger partial charge in [-0.2, -0.15) is 9.78 Å². The summed E-state index contributed by atoms with van der Waals surface area (Å²) in [5.74, 6) is -0.297. The second kappa shape index (κ2) is 6.07. The van der Waals surface area contributed by atoms with Crippen LogP contribution in [0.5, 0.6) is 0 Å². The lowest BCUT2D eigenvalue weighted by Gasteiger charge is -2.26. The van der Waals surface area contributed by atoms with Gasteiger partial charge in [0, 0.05) is 31.6 Å². The number of carbonyl (C=O) groups is 1. The van der Waals surface area contributed by atoms with Gasteiger partial charge in [0.05, 0.1) is 5.69 Å². The van der Waals surface area contributed by atoms with Gasteiger partial charge in [-0.3, -0.25) is 9.59 Å². The highest BCUT2D eigenvalue weighted by Crippen LogP contribution is 2.06. The molecule has 3 rings (SSSR count). The molecule has 6 nitrogen and oxygen atoms in total. The minimum atomic E-state index is -0.403. The summed E-state index contributed by atoms with van der Waals surface area (Å²) in [5.41, 5.74) is 0.173. The highest BCUT2D eigenvalue weighted by Gasteiger charge is 2.18. The zero-order chi connectivity index (χ0) is 15.5. The first kappa shape index (κ1) is 14.4. The maximum Gasteiger partial charge on any atom is 0.271 e. The lowest BCUT2D eigenvalue weighted by molar-refractivity contribution is 0.0935. The molecule has 22 heavy (non-hydrogen) atoms. The number of hydrogen-bond acceptors (Lipinski definition) is 4. The number of rotatable bonds is 4. The second-order valence-corrected chi connectivity index (χ2v) is 5.18. The molecule has 0 unspecified atom stereocenters. The standard InChI is InChI=1S/C15H15FN4O2/c16-11-1-3-12(4-2-11)20-14(21)6-5-13(19-20)15(22)18-9-10-7-17-8-10/h1-6,10,17H,7-9H2,(H,18,22). The van der Waals surface area contributed by atoms with Crippen molar-refractivity contribution in [2.24, 2.45) is 5.92 Å². The number of benzene rings is 1. The van der Waals surface area contributed by atoms with Crippen molar-refractivity contribution < 1.29 is 9.18 Å². The summed E-state index contributed by atoms with van der Waals surface area (Å²) < 4.78 is 14.0. The largest absolute Gasteiger partial charge is 0.350 e. The van der Waals surface area contributed by atoms with Gasteiger partial charge in [-0.1, -0.05) is 0 Å². The Hall–Kier alpha value is -2.54. The lowest BCUT2D eigenvalue weighted by atomic mass is 10.0. The van der Waals surface area contributed by atoms with E-state index in [9.17, 15) is 14.0 Å². The van der Waals surface area contributed by atoms with E-state index in [0.717, 1.165) is 17.8 Å². The van der Waals surface area contributed by atoms with Crippen LogP contribution in [-0.4, -0.2) is 35.3 Å². The van der Waals surface area contributed by atoms with E-state index in [1.165, 1.54) is 36.4 Å². The van der Waals surface area contributed by atoms with Crippen LogP contribution < -0.4 is 16.2 Å². The van der Waals surface area contributed by atoms with E-state index in [1.54, 1.807) is 0 Å². The molecular formula is C15H15FN4O2. The molecule has 0 spiro atoms. The maximum atomic E-state index is 12.9. The van der Waals surface area contributed by atoms with Crippen LogP contribution in [0.4, 0.5) is 4.39 Å². The van der Waals surface area contributed by atoms with E-state index in [-0.39, 0.29) is 17.2 Å². The smallest absolute Gasteiger partial charge is 0.271 e. The quantitative estimate of drug-likeness (QED) is 0.853. The van der Waals surface area contributed by atoms with Crippen LogP contribution in [0.3, 0.4) is 0 Å². The summed E-state index contributed by atoms with van der Waals surface area (Å²) in [6, 6.07) is 8.00. The second-order valence-electron chi connectivity index (χ2n) is 5.18. The van der Waals surface area contributed by atoms with E-state index in [4.69, 9.17) is 0 Å². The Balaban J connectivity index is 1.81. The van der Waals surface area contributed by atoms with E-state index >= 15 is 0 Å². The Morgan fingerprint density at radius 3 is 2.64 bits per heavy atom. The fourth-order valence-electron chi connectivity index (χ4n) is 2.12. The molecule has 0 atom stereocenters. The molecule has 7 heteroatoms. The van der Waals surface area contributed by atoms with Crippen molar-refractivity contribution in [3.63, 3.8) is 0 Å². The van der Waals surface area contributed by atoms with Crippen LogP contribution in [0.1, 0.15) is 10.5 Å². The lowest BCUT2D eigenvalue weighted by Crippen LogP contribution is -2.48. The number of aromatic nitrogens is 2. The molecule has 0 aliphatic carbocycles. The summed E-state index contributed by atoms with van der Waals surface area (Å²) in [5, 5.41) is 9.96. The van der Waals surface area contributed by atoms with Crippen LogP contribution >= 0.6 is 0 Å². The van der Waals surface area contributed by atoms with Crippen LogP contribution in [-0.2, 0) is 0 Å². The molecule has 1 aromatic heterocycles. The number of halogens is 1. The fourth-order valence-corrected chi connectivity index (χ4v) is 2.12. The predicted octanol–water partition coefficient (Wildman–Crippen LogP) is 0.321. The maximum absolute atomic E-state index is 12.9. The van der Waals surface area contributed by atoms with Crippen molar-refractivity contribution in [3.05, 3.63) is 58.3 Å². The normalized spacial score (nSPS) is 14.4. The molecule has 1 fully saturated rings. The molecule has 0 radical (unpaired) electrons. The monoisotopic (exact) mass is 302 g/mol. The minimum Gasteiger partial charge on any atom is -0.350 e. The van der Waals surface area contributed by atoms with Gasteiger partial charge in [-0.05, 0) is 30.3 Å². The Morgan fingerprint density at radius 2 is 2.00 bits per heavy atom. The van der Waals surface area contributed by atoms with Gasteiger partial charge in [0.2, 0.25) is 0 Å². The van der Waals surface area contributed by atoms with Crippen LogP contribution in [0.2, 0.25) is 0 Å². The van der Waals surface area contributed by atoms with Gasteiger partial charge in [-0.25, -0.2) is 4.39 Å². The summed E-state index contributed by atoms with van der Waals surface area (Å²) in [4.78, 5) is 23.9. The molecular weight excluding hydrogens is 287 g/mol. The summed E-state index contributed by atoms with van der Waals surface area (Å²) in [6.45, 7) is 2.36. The Kier molecular flexibility index (Phi) is 3.97. The number of carbonyl (C=O) groups excluding carboxylic acids is 1. The summed E-state index contributed by atoms with van der Waals surface area (Å²) in [7, 11) is 0. The van der Waals surface area contributed by atoms with Gasteiger partial charge in [-0.15, -0.1) is 0 Å². The van der Waals surface area contributed by atoms with Crippen LogP contribution in [0.15, 0.2) is 41.2 Å². The Bertz CT molecular complexity index is 738. The number of hydrogen-bond donors (Lipinski definition) is 2. The van der Waals surface area contributed by atoms with E-state index in [1.807, 2.05) is 0 Å². The minimum absolute atomic E-state index is 0.149. The molecule has 2 heterocycles. The van der Waals surface area contributed by atoms with Crippen molar-refractivity contribution in [1.82, 2.24) is 20.4 Å². The molecule has 1 saturated heterocycles. The molecule has 1 aliphatic heterocycles. The SMILES string of the molecule is O=C(NCC1CNC1)c1ccc(=O)n(-c2ccc(F)cc2)n1. The summed E-state index contributed by atoms with van der Waals surface area (Å²) in [6.07, 6.45) is 0. The van der Waals surface area contributed by atoms with Crippen LogP contribution in [0, 0.1) is 11.7 Å². The van der Waals surface area contributed by atoms with Gasteiger partial charge in [0.15, 0.2) is 0 Å². The van der Waals surface area contributed by atoms with E-state index in [2.05, 4.69) is 15.7 Å². The van der Waals surface area contributed by atoms with E-state index < -0.39 is 5.82 Å². The van der Waals surface area contributed by atoms with E-state index in [0.29, 0.717) is 18.2 Å². The number of nitrogens with one attached hydrogen (secondary N) is 2. The zero-order valence-corrected chi connectivity index (χ0v) is 11.8. The Morgan fingerprint density at radius 1 is 1.27 bits per heavy atom. The van der Waals surface area contributed by atoms with Crippen molar-refractivity contribution in [2.45, 2.75) is 0 Å². The Labute approximate surface area is 126 Å². The summed E-state index contributed by atoms with van der Waals surface area (Å²) >= 11 is 0. The average Bonchev–Trinajstić information content (AvgIpc) is 2.47. The highest BCUT2D eigenvalue weighted by molar-refractivity contribution is 5.92. The molecule has 0 saturated carbocycles. The first-order chi connectivity index (χ1) is 10.6. The molecule has 0 bridgehead atoms. The molecule has 1 amide bonds. The van der Waals surface area contributed by atoms with Crippen LogP contribution in [0.25, 0.3) is 5.69 Å². The highest BCUT2D eigenvalue weighted by atomic mass is 19.1. The third-order valence-corrected chi connectivity index (χ3v) is 3.52. The molecule has 2 aromatic rings. The third kappa shape index (κ3) is 3.04. The zero-order valence-electron chi connectivity index (χ0n) is 11.8. The van der Waals surface area contributed by atoms with Gasteiger partial charge < -0.3 is 10.6 Å². The topological polar surface area (TPSA) is 76.0 Å². The molecule has 1 aromatic carbocycles. The number of nitrogens with zero attached hydrogens (tertiary/aromatic N) is 2. The third-order valence-electron chi connectivity index (χ3n) is 3.52. The predicted molar refractivity (Wildman–Crippen MR) is 78.5 cm³/mol.